The molecular formula is C21H25FN2O3S2. The molecule has 0 radical (unpaired) electrons. The first-order chi connectivity index (χ1) is 13.9. The minimum atomic E-state index is -3.43. The van der Waals surface area contributed by atoms with Gasteiger partial charge in [0.1, 0.15) is 5.82 Å². The zero-order chi connectivity index (χ0) is 20.7. The van der Waals surface area contributed by atoms with Crippen LogP contribution in [-0.2, 0) is 21.4 Å². The average molecular weight is 437 g/mol. The number of thioether (sulfide) groups is 1. The molecule has 0 saturated carbocycles. The van der Waals surface area contributed by atoms with E-state index >= 15 is 0 Å². The summed E-state index contributed by atoms with van der Waals surface area (Å²) in [7, 11) is -3.43. The maximum Gasteiger partial charge on any atom is 0.243 e. The molecule has 0 atom stereocenters. The summed E-state index contributed by atoms with van der Waals surface area (Å²) in [5.41, 5.74) is 0.849. The van der Waals surface area contributed by atoms with Crippen molar-refractivity contribution in [2.24, 2.45) is 0 Å². The van der Waals surface area contributed by atoms with Gasteiger partial charge in [-0.25, -0.2) is 12.8 Å². The summed E-state index contributed by atoms with van der Waals surface area (Å²) >= 11 is 1.50. The monoisotopic (exact) mass is 436 g/mol. The van der Waals surface area contributed by atoms with E-state index in [-0.39, 0.29) is 11.7 Å². The van der Waals surface area contributed by atoms with Gasteiger partial charge >= 0.3 is 0 Å². The van der Waals surface area contributed by atoms with Crippen molar-refractivity contribution in [1.82, 2.24) is 9.62 Å². The van der Waals surface area contributed by atoms with Crippen LogP contribution in [0.3, 0.4) is 0 Å². The van der Waals surface area contributed by atoms with E-state index in [0.717, 1.165) is 29.7 Å². The van der Waals surface area contributed by atoms with E-state index in [2.05, 4.69) is 5.32 Å². The summed E-state index contributed by atoms with van der Waals surface area (Å²) in [6.45, 7) is 1.51. The van der Waals surface area contributed by atoms with E-state index in [0.29, 0.717) is 36.7 Å². The first-order valence-electron chi connectivity index (χ1n) is 9.69. The Hall–Kier alpha value is -1.90. The van der Waals surface area contributed by atoms with Crippen LogP contribution in [-0.4, -0.2) is 37.5 Å². The zero-order valence-corrected chi connectivity index (χ0v) is 17.8. The van der Waals surface area contributed by atoms with Crippen LogP contribution in [0.25, 0.3) is 0 Å². The Morgan fingerprint density at radius 1 is 1.00 bits per heavy atom. The van der Waals surface area contributed by atoms with E-state index in [1.54, 1.807) is 40.7 Å². The third kappa shape index (κ3) is 6.29. The number of piperidine rings is 1. The lowest BCUT2D eigenvalue weighted by Crippen LogP contribution is -2.35. The molecule has 0 bridgehead atoms. The van der Waals surface area contributed by atoms with Crippen LogP contribution in [0.4, 0.5) is 4.39 Å². The maximum absolute atomic E-state index is 12.9. The van der Waals surface area contributed by atoms with Crippen molar-refractivity contribution in [2.75, 3.05) is 18.8 Å². The van der Waals surface area contributed by atoms with Gasteiger partial charge in [-0.2, -0.15) is 4.31 Å². The van der Waals surface area contributed by atoms with Gasteiger partial charge in [-0.3, -0.25) is 4.79 Å². The summed E-state index contributed by atoms with van der Waals surface area (Å²) in [5.74, 6) is 0.247. The molecule has 1 aliphatic heterocycles. The number of carbonyl (C=O) groups is 1. The molecule has 1 heterocycles. The van der Waals surface area contributed by atoms with Crippen LogP contribution in [0.5, 0.6) is 0 Å². The first-order valence-corrected chi connectivity index (χ1v) is 12.1. The molecule has 2 aromatic carbocycles. The fourth-order valence-electron chi connectivity index (χ4n) is 3.12. The topological polar surface area (TPSA) is 66.5 Å². The van der Waals surface area contributed by atoms with E-state index in [9.17, 15) is 17.6 Å². The molecule has 0 aromatic heterocycles. The van der Waals surface area contributed by atoms with Gasteiger partial charge in [-0.15, -0.1) is 11.8 Å². The van der Waals surface area contributed by atoms with Gasteiger partial charge in [0, 0.05) is 36.7 Å². The van der Waals surface area contributed by atoms with Crippen molar-refractivity contribution in [1.29, 1.82) is 0 Å². The number of halogens is 1. The second kappa shape index (κ2) is 10.2. The standard InChI is InChI=1S/C21H25FN2O3S2/c22-18-6-8-19(9-7-18)28-15-12-21(25)23-16-17-4-10-20(11-5-17)29(26,27)24-13-2-1-3-14-24/h4-11H,1-3,12-16H2,(H,23,25). The minimum Gasteiger partial charge on any atom is -0.352 e. The largest absolute Gasteiger partial charge is 0.352 e. The third-order valence-electron chi connectivity index (χ3n) is 4.78. The normalized spacial score (nSPS) is 15.2. The molecule has 1 N–H and O–H groups in total. The smallest absolute Gasteiger partial charge is 0.243 e. The fourth-order valence-corrected chi connectivity index (χ4v) is 5.48. The molecule has 29 heavy (non-hydrogen) atoms. The van der Waals surface area contributed by atoms with Gasteiger partial charge in [-0.1, -0.05) is 18.6 Å². The Labute approximate surface area is 175 Å². The lowest BCUT2D eigenvalue weighted by Gasteiger charge is -2.25. The highest BCUT2D eigenvalue weighted by atomic mass is 32.2. The van der Waals surface area contributed by atoms with Gasteiger partial charge in [-0.05, 0) is 54.8 Å². The van der Waals surface area contributed by atoms with Crippen molar-refractivity contribution in [2.45, 2.75) is 42.0 Å². The van der Waals surface area contributed by atoms with Crippen molar-refractivity contribution in [3.63, 3.8) is 0 Å². The van der Waals surface area contributed by atoms with Crippen LogP contribution in [0.1, 0.15) is 31.2 Å². The van der Waals surface area contributed by atoms with Crippen LogP contribution in [0.15, 0.2) is 58.3 Å². The van der Waals surface area contributed by atoms with Gasteiger partial charge in [0.25, 0.3) is 0 Å². The minimum absolute atomic E-state index is 0.0790. The maximum atomic E-state index is 12.9. The Morgan fingerprint density at radius 3 is 2.31 bits per heavy atom. The fraction of sp³-hybridized carbons (Fsp3) is 0.381. The van der Waals surface area contributed by atoms with Crippen molar-refractivity contribution < 1.29 is 17.6 Å². The van der Waals surface area contributed by atoms with Gasteiger partial charge in [0.05, 0.1) is 4.90 Å². The van der Waals surface area contributed by atoms with E-state index in [1.165, 1.54) is 23.9 Å². The second-order valence-electron chi connectivity index (χ2n) is 6.94. The number of hydrogen-bond acceptors (Lipinski definition) is 4. The molecule has 0 unspecified atom stereocenters. The summed E-state index contributed by atoms with van der Waals surface area (Å²) in [4.78, 5) is 13.2. The number of hydrogen-bond donors (Lipinski definition) is 1. The zero-order valence-electron chi connectivity index (χ0n) is 16.1. The van der Waals surface area contributed by atoms with Crippen molar-refractivity contribution >= 4 is 27.7 Å². The Kier molecular flexibility index (Phi) is 7.69. The number of carbonyl (C=O) groups excluding carboxylic acids is 1. The van der Waals surface area contributed by atoms with Crippen LogP contribution < -0.4 is 5.32 Å². The predicted octanol–water partition coefficient (Wildman–Crippen LogP) is 3.80. The molecule has 156 valence electrons. The van der Waals surface area contributed by atoms with Gasteiger partial charge in [0.2, 0.25) is 15.9 Å². The number of nitrogens with zero attached hydrogens (tertiary/aromatic N) is 1. The second-order valence-corrected chi connectivity index (χ2v) is 10.0. The van der Waals surface area contributed by atoms with Gasteiger partial charge in [0.15, 0.2) is 0 Å². The molecule has 5 nitrogen and oxygen atoms in total. The number of benzene rings is 2. The van der Waals surface area contributed by atoms with E-state index < -0.39 is 10.0 Å². The Morgan fingerprint density at radius 2 is 1.66 bits per heavy atom. The summed E-state index contributed by atoms with van der Waals surface area (Å²) in [6.07, 6.45) is 3.24. The van der Waals surface area contributed by atoms with Crippen LogP contribution in [0, 0.1) is 5.82 Å². The molecule has 0 spiro atoms. The Balaban J connectivity index is 1.44. The molecule has 1 amide bonds. The quantitative estimate of drug-likeness (QED) is 0.639. The van der Waals surface area contributed by atoms with E-state index in [1.807, 2.05) is 0 Å². The van der Waals surface area contributed by atoms with Crippen molar-refractivity contribution in [3.8, 4) is 0 Å². The molecule has 3 rings (SSSR count). The number of amides is 1. The average Bonchev–Trinajstić information content (AvgIpc) is 2.74. The molecular weight excluding hydrogens is 411 g/mol. The highest BCUT2D eigenvalue weighted by Crippen LogP contribution is 2.21. The molecule has 2 aromatic rings. The highest BCUT2D eigenvalue weighted by molar-refractivity contribution is 7.99. The summed E-state index contributed by atoms with van der Waals surface area (Å²) < 4.78 is 39.7. The summed E-state index contributed by atoms with van der Waals surface area (Å²) in [5, 5.41) is 2.84. The SMILES string of the molecule is O=C(CCSc1ccc(F)cc1)NCc1ccc(S(=O)(=O)N2CCCCC2)cc1. The molecule has 1 fully saturated rings. The highest BCUT2D eigenvalue weighted by Gasteiger charge is 2.25. The number of rotatable bonds is 8. The molecule has 8 heteroatoms. The number of sulfonamides is 1. The Bertz CT molecular complexity index is 910. The van der Waals surface area contributed by atoms with Crippen LogP contribution in [0.2, 0.25) is 0 Å². The predicted molar refractivity (Wildman–Crippen MR) is 113 cm³/mol. The first kappa shape index (κ1) is 21.8. The third-order valence-corrected chi connectivity index (χ3v) is 7.70. The van der Waals surface area contributed by atoms with Crippen molar-refractivity contribution in [3.05, 3.63) is 59.9 Å². The lowest BCUT2D eigenvalue weighted by atomic mass is 10.2. The number of nitrogens with one attached hydrogen (secondary N) is 1. The lowest BCUT2D eigenvalue weighted by molar-refractivity contribution is -0.120. The summed E-state index contributed by atoms with van der Waals surface area (Å²) in [6, 6.07) is 12.9. The molecule has 0 aliphatic carbocycles. The van der Waals surface area contributed by atoms with Crippen LogP contribution >= 0.6 is 11.8 Å². The van der Waals surface area contributed by atoms with E-state index in [4.69, 9.17) is 0 Å². The van der Waals surface area contributed by atoms with Gasteiger partial charge < -0.3 is 5.32 Å². The molecule has 1 aliphatic rings. The molecule has 1 saturated heterocycles.